The quantitative estimate of drug-likeness (QED) is 0.622. The van der Waals surface area contributed by atoms with Crippen LogP contribution in [0.15, 0.2) is 22.7 Å². The fourth-order valence-electron chi connectivity index (χ4n) is 0.974. The van der Waals surface area contributed by atoms with E-state index in [4.69, 9.17) is 10.3 Å². The number of nitrogens with zero attached hydrogens (tertiary/aromatic N) is 1. The Bertz CT molecular complexity index is 396. The van der Waals surface area contributed by atoms with Crippen LogP contribution in [0.3, 0.4) is 0 Å². The van der Waals surface area contributed by atoms with Crippen molar-refractivity contribution in [2.24, 2.45) is 0 Å². The molecule has 0 fully saturated rings. The Morgan fingerprint density at radius 2 is 2.27 bits per heavy atom. The number of nitrogens with two attached hydrogens (primary N) is 1. The number of rotatable bonds is 0. The van der Waals surface area contributed by atoms with Gasteiger partial charge >= 0.3 is 73.1 Å². The van der Waals surface area contributed by atoms with Gasteiger partial charge in [-0.1, -0.05) is 0 Å². The van der Waals surface area contributed by atoms with Crippen LogP contribution < -0.4 is 9.85 Å². The molecule has 0 amide bonds. The number of fused-ring (bicyclic) bond motifs is 1. The maximum atomic E-state index is 5.53. The van der Waals surface area contributed by atoms with E-state index in [1.54, 1.807) is 18.6 Å². The zero-order chi connectivity index (χ0) is 7.84. The van der Waals surface area contributed by atoms with Gasteiger partial charge in [0, 0.05) is 0 Å². The standard InChI is InChI=1S/C7H5N2O.Ga/c8-7-5-3-1-2-4-6(5)10-9-7;/h1,3-4H,(H2,8,9);. The molecule has 1 aromatic carbocycles. The molecular weight excluding hydrogens is 198 g/mol. The normalized spacial score (nSPS) is 10.5. The summed E-state index contributed by atoms with van der Waals surface area (Å²) in [7, 11) is 0. The van der Waals surface area contributed by atoms with Crippen LogP contribution in [-0.4, -0.2) is 23.8 Å². The monoisotopic (exact) mass is 202 g/mol. The van der Waals surface area contributed by atoms with Gasteiger partial charge in [0.15, 0.2) is 0 Å². The van der Waals surface area contributed by atoms with E-state index in [0.717, 1.165) is 11.0 Å². The van der Waals surface area contributed by atoms with Gasteiger partial charge in [-0.25, -0.2) is 0 Å². The summed E-state index contributed by atoms with van der Waals surface area (Å²) in [6, 6.07) is 5.88. The molecule has 0 aliphatic heterocycles. The van der Waals surface area contributed by atoms with E-state index in [1.165, 1.54) is 4.12 Å². The predicted molar refractivity (Wildman–Crippen MR) is 43.8 cm³/mol. The van der Waals surface area contributed by atoms with E-state index < -0.39 is 0 Å². The summed E-state index contributed by atoms with van der Waals surface area (Å²) in [6.45, 7) is 0. The Hall–Kier alpha value is -0.874. The Labute approximate surface area is 73.5 Å². The number of hydrogen-bond donors (Lipinski definition) is 1. The van der Waals surface area contributed by atoms with Crippen LogP contribution in [0, 0.1) is 0 Å². The van der Waals surface area contributed by atoms with E-state index in [1.807, 2.05) is 18.2 Å². The molecular formula is C7H5GaN2O. The molecule has 0 spiro atoms. The van der Waals surface area contributed by atoms with E-state index in [0.29, 0.717) is 5.82 Å². The van der Waals surface area contributed by atoms with Crippen molar-refractivity contribution in [3.8, 4) is 0 Å². The van der Waals surface area contributed by atoms with Crippen molar-refractivity contribution in [3.63, 3.8) is 0 Å². The van der Waals surface area contributed by atoms with Crippen molar-refractivity contribution in [1.82, 2.24) is 5.16 Å². The van der Waals surface area contributed by atoms with Crippen LogP contribution in [0.2, 0.25) is 0 Å². The van der Waals surface area contributed by atoms with Crippen molar-refractivity contribution < 1.29 is 4.52 Å². The zero-order valence-corrected chi connectivity index (χ0v) is 8.16. The zero-order valence-electron chi connectivity index (χ0n) is 5.74. The number of aromatic nitrogens is 1. The first-order valence-electron chi connectivity index (χ1n) is 3.18. The van der Waals surface area contributed by atoms with E-state index in [2.05, 4.69) is 5.16 Å². The summed E-state index contributed by atoms with van der Waals surface area (Å²) in [5.41, 5.74) is 6.29. The molecule has 3 nitrogen and oxygen atoms in total. The SMILES string of the molecule is Nc1noc2c[c]([Ga])ccc12. The molecule has 0 atom stereocenters. The van der Waals surface area contributed by atoms with Gasteiger partial charge in [0.1, 0.15) is 0 Å². The molecule has 0 aliphatic rings. The van der Waals surface area contributed by atoms with Gasteiger partial charge in [0.2, 0.25) is 0 Å². The minimum absolute atomic E-state index is 0.465. The van der Waals surface area contributed by atoms with Crippen molar-refractivity contribution in [2.45, 2.75) is 0 Å². The van der Waals surface area contributed by atoms with Crippen LogP contribution in [0.1, 0.15) is 0 Å². The Morgan fingerprint density at radius 3 is 3.09 bits per heavy atom. The average molecular weight is 203 g/mol. The van der Waals surface area contributed by atoms with E-state index in [-0.39, 0.29) is 0 Å². The number of anilines is 1. The first kappa shape index (κ1) is 6.81. The molecule has 2 aromatic rings. The van der Waals surface area contributed by atoms with Gasteiger partial charge in [-0.05, 0) is 0 Å². The van der Waals surface area contributed by atoms with Gasteiger partial charge in [0.25, 0.3) is 0 Å². The van der Waals surface area contributed by atoms with Crippen molar-refractivity contribution in [3.05, 3.63) is 18.2 Å². The fraction of sp³-hybridized carbons (Fsp3) is 0. The molecule has 0 saturated carbocycles. The molecule has 11 heavy (non-hydrogen) atoms. The number of hydrogen-bond acceptors (Lipinski definition) is 3. The first-order chi connectivity index (χ1) is 5.27. The summed E-state index contributed by atoms with van der Waals surface area (Å²) in [5.74, 6) is 0.465. The molecule has 1 aromatic heterocycles. The average Bonchev–Trinajstić information content (AvgIpc) is 2.32. The summed E-state index contributed by atoms with van der Waals surface area (Å²) in [4.78, 5) is 0. The third kappa shape index (κ3) is 1.04. The minimum atomic E-state index is 0.465. The third-order valence-corrected chi connectivity index (χ3v) is 2.28. The molecule has 52 valence electrons. The molecule has 0 unspecified atom stereocenters. The summed E-state index contributed by atoms with van der Waals surface area (Å²) >= 11 is 1.56. The number of benzene rings is 1. The predicted octanol–water partition coefficient (Wildman–Crippen LogP) is 0.204. The molecule has 0 aliphatic carbocycles. The Kier molecular flexibility index (Phi) is 1.44. The van der Waals surface area contributed by atoms with Crippen molar-refractivity contribution in [1.29, 1.82) is 0 Å². The van der Waals surface area contributed by atoms with Crippen LogP contribution in [-0.2, 0) is 0 Å². The molecule has 0 bridgehead atoms. The van der Waals surface area contributed by atoms with Crippen LogP contribution in [0.5, 0.6) is 0 Å². The second-order valence-corrected chi connectivity index (χ2v) is 3.72. The van der Waals surface area contributed by atoms with Crippen LogP contribution >= 0.6 is 0 Å². The molecule has 4 heteroatoms. The van der Waals surface area contributed by atoms with E-state index >= 15 is 0 Å². The molecule has 2 rings (SSSR count). The second-order valence-electron chi connectivity index (χ2n) is 2.32. The van der Waals surface area contributed by atoms with Crippen LogP contribution in [0.4, 0.5) is 5.82 Å². The molecule has 2 radical (unpaired) electrons. The van der Waals surface area contributed by atoms with E-state index in [9.17, 15) is 0 Å². The maximum absolute atomic E-state index is 5.53. The van der Waals surface area contributed by atoms with Gasteiger partial charge in [-0.2, -0.15) is 0 Å². The summed E-state index contributed by atoms with van der Waals surface area (Å²) < 4.78 is 6.17. The van der Waals surface area contributed by atoms with Crippen molar-refractivity contribution >= 4 is 39.5 Å². The topological polar surface area (TPSA) is 52.0 Å². The summed E-state index contributed by atoms with van der Waals surface area (Å²) in [5, 5.41) is 4.54. The summed E-state index contributed by atoms with van der Waals surface area (Å²) in [6.07, 6.45) is 0. The molecule has 0 saturated heterocycles. The second kappa shape index (κ2) is 2.32. The number of nitrogen functional groups attached to an aromatic ring is 1. The first-order valence-corrected chi connectivity index (χ1v) is 4.39. The molecule has 1 heterocycles. The van der Waals surface area contributed by atoms with Gasteiger partial charge in [-0.15, -0.1) is 0 Å². The van der Waals surface area contributed by atoms with Gasteiger partial charge in [0.05, 0.1) is 0 Å². The Balaban J connectivity index is 2.86. The van der Waals surface area contributed by atoms with Gasteiger partial charge < -0.3 is 0 Å². The van der Waals surface area contributed by atoms with Crippen LogP contribution in [0.25, 0.3) is 11.0 Å². The molecule has 2 N–H and O–H groups in total. The Morgan fingerprint density at radius 1 is 1.45 bits per heavy atom. The third-order valence-electron chi connectivity index (χ3n) is 1.52. The fourth-order valence-corrected chi connectivity index (χ4v) is 1.49. The van der Waals surface area contributed by atoms with Gasteiger partial charge in [-0.3, -0.25) is 0 Å². The van der Waals surface area contributed by atoms with Crippen molar-refractivity contribution in [2.75, 3.05) is 5.73 Å².